The fourth-order valence-corrected chi connectivity index (χ4v) is 2.20. The molecule has 0 aliphatic rings. The molecule has 1 atom stereocenters. The van der Waals surface area contributed by atoms with Gasteiger partial charge in [-0.05, 0) is 12.1 Å². The molecule has 15 heavy (non-hydrogen) atoms. The number of carboxylic acids is 1. The van der Waals surface area contributed by atoms with E-state index in [1.165, 1.54) is 11.8 Å². The Morgan fingerprint density at radius 3 is 2.80 bits per heavy atom. The fraction of sp³-hybridized carbons (Fsp3) is 0.222. The third-order valence-corrected chi connectivity index (χ3v) is 3.42. The first-order chi connectivity index (χ1) is 7.02. The summed E-state index contributed by atoms with van der Waals surface area (Å²) in [5.74, 6) is -0.795. The van der Waals surface area contributed by atoms with Crippen LogP contribution in [0.15, 0.2) is 23.1 Å². The van der Waals surface area contributed by atoms with E-state index in [9.17, 15) is 4.79 Å². The first kappa shape index (κ1) is 12.2. The van der Waals surface area contributed by atoms with Crippen LogP contribution in [0.25, 0.3) is 0 Å². The van der Waals surface area contributed by atoms with Crippen LogP contribution in [0.4, 0.5) is 5.69 Å². The van der Waals surface area contributed by atoms with E-state index in [1.54, 1.807) is 18.2 Å². The van der Waals surface area contributed by atoms with Crippen molar-refractivity contribution in [2.45, 2.75) is 10.9 Å². The molecule has 0 bridgehead atoms. The highest BCUT2D eigenvalue weighted by Gasteiger charge is 2.13. The summed E-state index contributed by atoms with van der Waals surface area (Å²) < 4.78 is 0. The van der Waals surface area contributed by atoms with Gasteiger partial charge < -0.3 is 16.6 Å². The van der Waals surface area contributed by atoms with Crippen LogP contribution in [0.2, 0.25) is 5.02 Å². The lowest BCUT2D eigenvalue weighted by molar-refractivity contribution is -0.137. The van der Waals surface area contributed by atoms with Crippen LogP contribution >= 0.6 is 23.4 Å². The number of benzene rings is 1. The summed E-state index contributed by atoms with van der Waals surface area (Å²) in [6, 6.07) is 4.23. The standard InChI is InChI=1S/C9H11ClN2O2S/c10-5-2-1-3-6(11)8(5)15-4-7(12)9(13)14/h1-3,7H,4,11-12H2,(H,13,14). The summed E-state index contributed by atoms with van der Waals surface area (Å²) in [7, 11) is 0. The highest BCUT2D eigenvalue weighted by atomic mass is 35.5. The molecular weight excluding hydrogens is 236 g/mol. The molecule has 6 heteroatoms. The van der Waals surface area contributed by atoms with Crippen molar-refractivity contribution in [2.24, 2.45) is 5.73 Å². The summed E-state index contributed by atoms with van der Waals surface area (Å²) in [6.45, 7) is 0. The highest BCUT2D eigenvalue weighted by molar-refractivity contribution is 7.99. The Balaban J connectivity index is 2.69. The predicted molar refractivity (Wildman–Crippen MR) is 62.2 cm³/mol. The maximum atomic E-state index is 10.5. The van der Waals surface area contributed by atoms with E-state index in [0.29, 0.717) is 15.6 Å². The predicted octanol–water partition coefficient (Wildman–Crippen LogP) is 1.43. The monoisotopic (exact) mass is 246 g/mol. The second-order valence-corrected chi connectivity index (χ2v) is 4.35. The lowest BCUT2D eigenvalue weighted by Gasteiger charge is -2.09. The van der Waals surface area contributed by atoms with Crippen molar-refractivity contribution in [3.63, 3.8) is 0 Å². The minimum absolute atomic E-state index is 0.239. The van der Waals surface area contributed by atoms with Gasteiger partial charge in [-0.3, -0.25) is 4.79 Å². The van der Waals surface area contributed by atoms with Crippen LogP contribution < -0.4 is 11.5 Å². The number of anilines is 1. The van der Waals surface area contributed by atoms with Crippen LogP contribution in [-0.4, -0.2) is 22.9 Å². The second kappa shape index (κ2) is 5.25. The lowest BCUT2D eigenvalue weighted by atomic mass is 10.3. The highest BCUT2D eigenvalue weighted by Crippen LogP contribution is 2.32. The summed E-state index contributed by atoms with van der Waals surface area (Å²) in [5.41, 5.74) is 11.6. The van der Waals surface area contributed by atoms with E-state index >= 15 is 0 Å². The third-order valence-electron chi connectivity index (χ3n) is 1.72. The van der Waals surface area contributed by atoms with Crippen molar-refractivity contribution >= 4 is 35.0 Å². The first-order valence-corrected chi connectivity index (χ1v) is 5.54. The lowest BCUT2D eigenvalue weighted by Crippen LogP contribution is -2.32. The molecule has 0 saturated heterocycles. The normalized spacial score (nSPS) is 12.4. The van der Waals surface area contributed by atoms with Crippen LogP contribution in [0.5, 0.6) is 0 Å². The quantitative estimate of drug-likeness (QED) is 0.552. The Labute approximate surface area is 96.6 Å². The molecule has 0 spiro atoms. The van der Waals surface area contributed by atoms with Crippen molar-refractivity contribution in [1.82, 2.24) is 0 Å². The minimum Gasteiger partial charge on any atom is -0.480 e. The Morgan fingerprint density at radius 1 is 1.60 bits per heavy atom. The first-order valence-electron chi connectivity index (χ1n) is 4.17. The molecule has 0 aliphatic carbocycles. The summed E-state index contributed by atoms with van der Waals surface area (Å²) >= 11 is 7.15. The largest absolute Gasteiger partial charge is 0.480 e. The number of carbonyl (C=O) groups is 1. The van der Waals surface area contributed by atoms with Gasteiger partial charge in [-0.25, -0.2) is 0 Å². The number of carboxylic acid groups (broad SMARTS) is 1. The molecule has 1 rings (SSSR count). The van der Waals surface area contributed by atoms with E-state index in [-0.39, 0.29) is 5.75 Å². The van der Waals surface area contributed by atoms with Gasteiger partial charge in [0, 0.05) is 16.3 Å². The van der Waals surface area contributed by atoms with Crippen LogP contribution in [-0.2, 0) is 4.79 Å². The molecular formula is C9H11ClN2O2S. The Hall–Kier alpha value is -0.910. The molecule has 1 aromatic carbocycles. The van der Waals surface area contributed by atoms with Gasteiger partial charge in [0.2, 0.25) is 0 Å². The molecule has 0 fully saturated rings. The van der Waals surface area contributed by atoms with Gasteiger partial charge in [-0.1, -0.05) is 17.7 Å². The van der Waals surface area contributed by atoms with Crippen LogP contribution in [0.1, 0.15) is 0 Å². The van der Waals surface area contributed by atoms with Gasteiger partial charge in [-0.2, -0.15) is 0 Å². The second-order valence-electron chi connectivity index (χ2n) is 2.91. The van der Waals surface area contributed by atoms with Crippen molar-refractivity contribution in [3.8, 4) is 0 Å². The summed E-state index contributed by atoms with van der Waals surface area (Å²) in [6.07, 6.45) is 0. The van der Waals surface area contributed by atoms with Gasteiger partial charge in [0.05, 0.1) is 5.02 Å². The number of nitrogen functional groups attached to an aromatic ring is 1. The summed E-state index contributed by atoms with van der Waals surface area (Å²) in [4.78, 5) is 11.2. The van der Waals surface area contributed by atoms with Gasteiger partial charge in [-0.15, -0.1) is 11.8 Å². The molecule has 1 aromatic rings. The molecule has 0 aromatic heterocycles. The Bertz CT molecular complexity index is 353. The zero-order valence-corrected chi connectivity index (χ0v) is 9.39. The minimum atomic E-state index is -1.03. The number of hydrogen-bond donors (Lipinski definition) is 3. The van der Waals surface area contributed by atoms with Gasteiger partial charge in [0.1, 0.15) is 6.04 Å². The topological polar surface area (TPSA) is 89.3 Å². The molecule has 0 heterocycles. The van der Waals surface area contributed by atoms with Crippen molar-refractivity contribution < 1.29 is 9.90 Å². The zero-order chi connectivity index (χ0) is 11.4. The fourth-order valence-electron chi connectivity index (χ4n) is 0.922. The average Bonchev–Trinajstić information content (AvgIpc) is 2.16. The van der Waals surface area contributed by atoms with E-state index < -0.39 is 12.0 Å². The van der Waals surface area contributed by atoms with Crippen molar-refractivity contribution in [3.05, 3.63) is 23.2 Å². The van der Waals surface area contributed by atoms with Gasteiger partial charge >= 0.3 is 5.97 Å². The molecule has 0 radical (unpaired) electrons. The number of aliphatic carboxylic acids is 1. The molecule has 1 unspecified atom stereocenters. The number of nitrogens with two attached hydrogens (primary N) is 2. The van der Waals surface area contributed by atoms with Crippen LogP contribution in [0, 0.1) is 0 Å². The molecule has 82 valence electrons. The Kier molecular flexibility index (Phi) is 4.26. The number of halogens is 1. The van der Waals surface area contributed by atoms with E-state index in [1.807, 2.05) is 0 Å². The molecule has 0 amide bonds. The SMILES string of the molecule is Nc1cccc(Cl)c1SCC(N)C(=O)O. The van der Waals surface area contributed by atoms with E-state index in [2.05, 4.69) is 0 Å². The Morgan fingerprint density at radius 2 is 2.27 bits per heavy atom. The maximum absolute atomic E-state index is 10.5. The van der Waals surface area contributed by atoms with Gasteiger partial charge in [0.15, 0.2) is 0 Å². The van der Waals surface area contributed by atoms with Crippen molar-refractivity contribution in [1.29, 1.82) is 0 Å². The van der Waals surface area contributed by atoms with E-state index in [0.717, 1.165) is 0 Å². The smallest absolute Gasteiger partial charge is 0.321 e. The maximum Gasteiger partial charge on any atom is 0.321 e. The average molecular weight is 247 g/mol. The van der Waals surface area contributed by atoms with E-state index in [4.69, 9.17) is 28.2 Å². The third kappa shape index (κ3) is 3.30. The van der Waals surface area contributed by atoms with Crippen LogP contribution in [0.3, 0.4) is 0 Å². The number of thioether (sulfide) groups is 1. The molecule has 5 N–H and O–H groups in total. The number of hydrogen-bond acceptors (Lipinski definition) is 4. The summed E-state index contributed by atoms with van der Waals surface area (Å²) in [5, 5.41) is 9.11. The van der Waals surface area contributed by atoms with Gasteiger partial charge in [0.25, 0.3) is 0 Å². The zero-order valence-electron chi connectivity index (χ0n) is 7.81. The molecule has 4 nitrogen and oxygen atoms in total. The molecule has 0 aliphatic heterocycles. The molecule has 0 saturated carbocycles. The number of rotatable bonds is 4. The van der Waals surface area contributed by atoms with Crippen molar-refractivity contribution in [2.75, 3.05) is 11.5 Å².